The highest BCUT2D eigenvalue weighted by atomic mass is 32.2. The van der Waals surface area contributed by atoms with Crippen molar-refractivity contribution in [2.24, 2.45) is 0 Å². The van der Waals surface area contributed by atoms with Gasteiger partial charge in [-0.2, -0.15) is 0 Å². The van der Waals surface area contributed by atoms with Gasteiger partial charge >= 0.3 is 0 Å². The largest absolute Gasteiger partial charge is 0.351 e. The topological polar surface area (TPSA) is 143 Å². The molecule has 0 unspecified atom stereocenters. The molecule has 12 heteroatoms. The number of hydrogen-bond acceptors (Lipinski definition) is 9. The Morgan fingerprint density at radius 3 is 2.51 bits per heavy atom. The number of nitrogens with zero attached hydrogens (tertiary/aromatic N) is 3. The first kappa shape index (κ1) is 23.4. The third-order valence-electron chi connectivity index (χ3n) is 5.87. The average molecular weight is 511 g/mol. The van der Waals surface area contributed by atoms with Gasteiger partial charge in [-0.15, -0.1) is 0 Å². The van der Waals surface area contributed by atoms with Crippen LogP contribution in [0.3, 0.4) is 0 Å². The van der Waals surface area contributed by atoms with Crippen molar-refractivity contribution in [2.75, 3.05) is 5.32 Å². The number of rotatable bonds is 6. The molecule has 0 spiro atoms. The Morgan fingerprint density at radius 1 is 0.971 bits per heavy atom. The summed E-state index contributed by atoms with van der Waals surface area (Å²) in [5.41, 5.74) is 0.975. The van der Waals surface area contributed by atoms with Crippen LogP contribution in [0, 0.1) is 0 Å². The van der Waals surface area contributed by atoms with Gasteiger partial charge in [-0.05, 0) is 61.7 Å². The van der Waals surface area contributed by atoms with Gasteiger partial charge in [-0.25, -0.2) is 23.1 Å². The SMILES string of the molecule is O=C1NC(=O)/C(=C/c2ccnc(NC3CCC(NS(=O)(=O)c4cccc5cccnc45)CC3)n2)S1. The number of aromatic nitrogens is 3. The quantitative estimate of drug-likeness (QED) is 0.426. The van der Waals surface area contributed by atoms with Crippen molar-refractivity contribution >= 4 is 55.9 Å². The minimum Gasteiger partial charge on any atom is -0.351 e. The molecule has 0 bridgehead atoms. The van der Waals surface area contributed by atoms with Crippen molar-refractivity contribution < 1.29 is 18.0 Å². The standard InChI is InChI=1S/C23H22N6O4S2/c30-21-18(34-23(31)28-21)13-17-10-12-25-22(27-17)26-15-6-8-16(9-7-15)29-35(32,33)19-5-1-3-14-4-2-11-24-20(14)19/h1-5,10-13,15-16,29H,6-9H2,(H,25,26,27)(H,28,30,31)/b18-13-. The van der Waals surface area contributed by atoms with E-state index in [0.29, 0.717) is 30.0 Å². The Hall–Kier alpha value is -3.35. The fourth-order valence-electron chi connectivity index (χ4n) is 4.19. The number of fused-ring (bicyclic) bond motifs is 1. The number of hydrogen-bond donors (Lipinski definition) is 3. The number of carbonyl (C=O) groups is 2. The van der Waals surface area contributed by atoms with Crippen LogP contribution < -0.4 is 15.4 Å². The number of pyridine rings is 1. The highest BCUT2D eigenvalue weighted by Crippen LogP contribution is 2.27. The maximum absolute atomic E-state index is 13.1. The van der Waals surface area contributed by atoms with Crippen molar-refractivity contribution in [3.63, 3.8) is 0 Å². The Bertz CT molecular complexity index is 1430. The van der Waals surface area contributed by atoms with E-state index in [4.69, 9.17) is 0 Å². The van der Waals surface area contributed by atoms with E-state index in [0.717, 1.165) is 30.0 Å². The summed E-state index contributed by atoms with van der Waals surface area (Å²) in [6, 6.07) is 10.3. The van der Waals surface area contributed by atoms with E-state index in [1.165, 1.54) is 0 Å². The molecular formula is C23H22N6O4S2. The summed E-state index contributed by atoms with van der Waals surface area (Å²) in [6.07, 6.45) is 7.53. The molecule has 2 fully saturated rings. The zero-order valence-electron chi connectivity index (χ0n) is 18.5. The van der Waals surface area contributed by atoms with Gasteiger partial charge < -0.3 is 5.32 Å². The zero-order chi connectivity index (χ0) is 24.4. The molecule has 1 aliphatic heterocycles. The molecule has 180 valence electrons. The van der Waals surface area contributed by atoms with E-state index >= 15 is 0 Å². The minimum atomic E-state index is -3.71. The van der Waals surface area contributed by atoms with Crippen molar-refractivity contribution in [2.45, 2.75) is 42.7 Å². The summed E-state index contributed by atoms with van der Waals surface area (Å²) < 4.78 is 29.0. The number of sulfonamides is 1. The van der Waals surface area contributed by atoms with Gasteiger partial charge in [0, 0.05) is 29.9 Å². The summed E-state index contributed by atoms with van der Waals surface area (Å²) in [5.74, 6) is -0.0203. The van der Waals surface area contributed by atoms with Gasteiger partial charge in [0.05, 0.1) is 16.1 Å². The molecule has 2 amide bonds. The third kappa shape index (κ3) is 5.34. The molecule has 0 atom stereocenters. The zero-order valence-corrected chi connectivity index (χ0v) is 20.1. The normalized spacial score (nSPS) is 21.9. The maximum Gasteiger partial charge on any atom is 0.290 e. The molecule has 0 radical (unpaired) electrons. The Labute approximate surface area is 206 Å². The van der Waals surface area contributed by atoms with E-state index in [1.807, 2.05) is 12.1 Å². The number of amides is 2. The van der Waals surface area contributed by atoms with E-state index in [-0.39, 0.29) is 21.9 Å². The fraction of sp³-hybridized carbons (Fsp3) is 0.261. The molecule has 2 aromatic heterocycles. The van der Waals surface area contributed by atoms with Crippen LogP contribution in [-0.4, -0.2) is 46.6 Å². The van der Waals surface area contributed by atoms with Crippen LogP contribution in [0.2, 0.25) is 0 Å². The number of para-hydroxylation sites is 1. The first-order valence-corrected chi connectivity index (χ1v) is 13.4. The summed E-state index contributed by atoms with van der Waals surface area (Å²) in [5, 5.41) is 5.88. The second kappa shape index (κ2) is 9.72. The number of nitrogens with one attached hydrogen (secondary N) is 3. The van der Waals surface area contributed by atoms with E-state index in [1.54, 1.807) is 42.7 Å². The summed E-state index contributed by atoms with van der Waals surface area (Å²) in [4.78, 5) is 36.5. The van der Waals surface area contributed by atoms with Crippen molar-refractivity contribution in [3.8, 4) is 0 Å². The van der Waals surface area contributed by atoms with Gasteiger partial charge in [0.1, 0.15) is 4.90 Å². The molecule has 1 aromatic carbocycles. The van der Waals surface area contributed by atoms with Gasteiger partial charge in [0.2, 0.25) is 16.0 Å². The fourth-order valence-corrected chi connectivity index (χ4v) is 6.34. The molecule has 3 heterocycles. The molecule has 3 N–H and O–H groups in total. The maximum atomic E-state index is 13.1. The third-order valence-corrected chi connectivity index (χ3v) is 8.23. The molecule has 35 heavy (non-hydrogen) atoms. The van der Waals surface area contributed by atoms with Crippen LogP contribution >= 0.6 is 11.8 Å². The van der Waals surface area contributed by atoms with Gasteiger partial charge in [0.25, 0.3) is 11.1 Å². The number of anilines is 1. The van der Waals surface area contributed by atoms with Crippen molar-refractivity contribution in [3.05, 3.63) is 59.4 Å². The summed E-state index contributed by atoms with van der Waals surface area (Å²) in [7, 11) is -3.71. The summed E-state index contributed by atoms with van der Waals surface area (Å²) >= 11 is 0.834. The average Bonchev–Trinajstić information content (AvgIpc) is 3.16. The lowest BCUT2D eigenvalue weighted by atomic mass is 9.92. The Balaban J connectivity index is 1.20. The molecule has 1 saturated heterocycles. The van der Waals surface area contributed by atoms with Crippen molar-refractivity contribution in [1.82, 2.24) is 25.0 Å². The lowest BCUT2D eigenvalue weighted by Crippen LogP contribution is -2.40. The predicted octanol–water partition coefficient (Wildman–Crippen LogP) is 3.05. The number of carbonyl (C=O) groups excluding carboxylic acids is 2. The molecule has 3 aromatic rings. The highest BCUT2D eigenvalue weighted by molar-refractivity contribution is 8.18. The van der Waals surface area contributed by atoms with Crippen molar-refractivity contribution in [1.29, 1.82) is 0 Å². The minimum absolute atomic E-state index is 0.0867. The van der Waals surface area contributed by atoms with E-state index in [9.17, 15) is 18.0 Å². The lowest BCUT2D eigenvalue weighted by molar-refractivity contribution is -0.115. The van der Waals surface area contributed by atoms with Crippen LogP contribution in [-0.2, 0) is 14.8 Å². The smallest absolute Gasteiger partial charge is 0.290 e. The van der Waals surface area contributed by atoms with Crippen LogP contribution in [0.1, 0.15) is 31.4 Å². The highest BCUT2D eigenvalue weighted by Gasteiger charge is 2.28. The second-order valence-corrected chi connectivity index (χ2v) is 11.0. The molecule has 5 rings (SSSR count). The lowest BCUT2D eigenvalue weighted by Gasteiger charge is -2.29. The first-order chi connectivity index (χ1) is 16.9. The van der Waals surface area contributed by atoms with E-state index < -0.39 is 21.2 Å². The Morgan fingerprint density at radius 2 is 1.74 bits per heavy atom. The predicted molar refractivity (Wildman–Crippen MR) is 133 cm³/mol. The molecular weight excluding hydrogens is 488 g/mol. The van der Waals surface area contributed by atoms with Crippen LogP contribution in [0.5, 0.6) is 0 Å². The van der Waals surface area contributed by atoms with Crippen LogP contribution in [0.4, 0.5) is 10.7 Å². The monoisotopic (exact) mass is 510 g/mol. The Kier molecular flexibility index (Phi) is 6.50. The van der Waals surface area contributed by atoms with Gasteiger partial charge in [-0.1, -0.05) is 18.2 Å². The number of benzene rings is 1. The second-order valence-electron chi connectivity index (χ2n) is 8.30. The van der Waals surface area contributed by atoms with Crippen LogP contribution in [0.15, 0.2) is 58.6 Å². The molecule has 2 aliphatic rings. The van der Waals surface area contributed by atoms with E-state index in [2.05, 4.69) is 30.3 Å². The van der Waals surface area contributed by atoms with Gasteiger partial charge in [0.15, 0.2) is 0 Å². The first-order valence-electron chi connectivity index (χ1n) is 11.1. The van der Waals surface area contributed by atoms with Crippen LogP contribution in [0.25, 0.3) is 17.0 Å². The number of thioether (sulfide) groups is 1. The van der Waals surface area contributed by atoms with Gasteiger partial charge in [-0.3, -0.25) is 19.9 Å². The molecule has 1 saturated carbocycles. The molecule has 1 aliphatic carbocycles. The molecule has 10 nitrogen and oxygen atoms in total. The summed E-state index contributed by atoms with van der Waals surface area (Å²) in [6.45, 7) is 0. The number of imide groups is 1.